The SMILES string of the molecule is CN(C)C(=O)C(=NOCC(=O)O)c1nc2ccccc2n([C@H]2C[C@H]3CCC[C@@H](C2)N3C=C2C3CCCC2C3)c1=O. The first kappa shape index (κ1) is 26.5. The number of nitrogens with zero attached hydrogens (tertiary/aromatic N) is 5. The number of carbonyl (C=O) groups is 2. The molecular weight excluding hydrogens is 510 g/mol. The van der Waals surface area contributed by atoms with Gasteiger partial charge in [-0.15, -0.1) is 0 Å². The molecular formula is C30H37N5O5. The van der Waals surface area contributed by atoms with Gasteiger partial charge in [-0.25, -0.2) is 9.78 Å². The van der Waals surface area contributed by atoms with Crippen molar-refractivity contribution in [3.05, 3.63) is 52.1 Å². The van der Waals surface area contributed by atoms with Crippen molar-refractivity contribution in [3.63, 3.8) is 0 Å². The van der Waals surface area contributed by atoms with Gasteiger partial charge in [0.05, 0.1) is 11.0 Å². The minimum Gasteiger partial charge on any atom is -0.479 e. The van der Waals surface area contributed by atoms with Crippen molar-refractivity contribution in [3.8, 4) is 0 Å². The number of carboxylic acid groups (broad SMARTS) is 1. The summed E-state index contributed by atoms with van der Waals surface area (Å²) < 4.78 is 1.81. The minimum atomic E-state index is -1.23. The number of allylic oxidation sites excluding steroid dienone is 1. The molecule has 5 atom stereocenters. The highest BCUT2D eigenvalue weighted by atomic mass is 16.6. The third kappa shape index (κ3) is 4.77. The number of oxime groups is 1. The van der Waals surface area contributed by atoms with Crippen LogP contribution in [0.4, 0.5) is 0 Å². The number of benzene rings is 1. The molecule has 10 heteroatoms. The lowest BCUT2D eigenvalue weighted by molar-refractivity contribution is -0.142. The van der Waals surface area contributed by atoms with E-state index in [0.717, 1.165) is 43.0 Å². The number of rotatable bonds is 7. The molecule has 1 amide bonds. The first-order valence-electron chi connectivity index (χ1n) is 14.5. The summed E-state index contributed by atoms with van der Waals surface area (Å²) in [7, 11) is 3.08. The zero-order chi connectivity index (χ0) is 28.0. The Bertz CT molecular complexity index is 1420. The molecule has 212 valence electrons. The van der Waals surface area contributed by atoms with Gasteiger partial charge < -0.3 is 24.3 Å². The largest absolute Gasteiger partial charge is 0.479 e. The van der Waals surface area contributed by atoms with Crippen molar-refractivity contribution in [1.29, 1.82) is 0 Å². The molecule has 2 unspecified atom stereocenters. The number of aromatic nitrogens is 2. The van der Waals surface area contributed by atoms with E-state index < -0.39 is 24.0 Å². The van der Waals surface area contributed by atoms with E-state index in [-0.39, 0.29) is 17.4 Å². The van der Waals surface area contributed by atoms with Crippen molar-refractivity contribution >= 4 is 28.6 Å². The Balaban J connectivity index is 1.39. The lowest BCUT2D eigenvalue weighted by atomic mass is 9.61. The molecule has 6 rings (SSSR count). The van der Waals surface area contributed by atoms with E-state index in [1.165, 1.54) is 51.1 Å². The van der Waals surface area contributed by atoms with E-state index in [2.05, 4.69) is 21.2 Å². The summed E-state index contributed by atoms with van der Waals surface area (Å²) in [6.07, 6.45) is 12.9. The van der Waals surface area contributed by atoms with E-state index in [4.69, 9.17) is 9.94 Å². The molecule has 0 spiro atoms. The van der Waals surface area contributed by atoms with Crippen LogP contribution in [-0.2, 0) is 14.4 Å². The van der Waals surface area contributed by atoms with Crippen LogP contribution in [0.1, 0.15) is 69.5 Å². The van der Waals surface area contributed by atoms with E-state index in [1.54, 1.807) is 10.1 Å². The predicted octanol–water partition coefficient (Wildman–Crippen LogP) is 3.55. The number of fused-ring (bicyclic) bond motifs is 5. The van der Waals surface area contributed by atoms with Crippen LogP contribution >= 0.6 is 0 Å². The van der Waals surface area contributed by atoms with Gasteiger partial charge in [-0.05, 0) is 87.1 Å². The summed E-state index contributed by atoms with van der Waals surface area (Å²) >= 11 is 0. The molecule has 3 heterocycles. The summed E-state index contributed by atoms with van der Waals surface area (Å²) in [4.78, 5) is 51.6. The molecule has 40 heavy (non-hydrogen) atoms. The molecule has 2 aromatic rings. The zero-order valence-electron chi connectivity index (χ0n) is 23.2. The molecule has 2 saturated heterocycles. The second-order valence-electron chi connectivity index (χ2n) is 11.9. The Morgan fingerprint density at radius 1 is 1.05 bits per heavy atom. The van der Waals surface area contributed by atoms with Gasteiger partial charge >= 0.3 is 5.97 Å². The predicted molar refractivity (Wildman–Crippen MR) is 150 cm³/mol. The molecule has 1 N–H and O–H groups in total. The van der Waals surface area contributed by atoms with Gasteiger partial charge in [0.25, 0.3) is 11.5 Å². The minimum absolute atomic E-state index is 0.0550. The fourth-order valence-corrected chi connectivity index (χ4v) is 7.38. The van der Waals surface area contributed by atoms with Gasteiger partial charge in [0.2, 0.25) is 6.61 Å². The standard InChI is InChI=1S/C30H37N5O5/c1-33(2)29(38)28(32-40-17-26(36)37)27-30(39)35(25-12-4-3-11-24(25)31-27)22-14-20-9-6-10-21(15-22)34(20)16-23-18-7-5-8-19(23)13-18/h3-4,11-12,16,18-22H,5-10,13-15,17H2,1-2H3,(H,36,37)/t18?,19?,20-,21+,22+. The van der Waals surface area contributed by atoms with Gasteiger partial charge in [-0.1, -0.05) is 23.7 Å². The van der Waals surface area contributed by atoms with Crippen LogP contribution in [0.15, 0.2) is 46.0 Å². The number of hydrogen-bond acceptors (Lipinski definition) is 7. The number of aliphatic carboxylic acids is 1. The average Bonchev–Trinajstić information content (AvgIpc) is 2.93. The van der Waals surface area contributed by atoms with Crippen LogP contribution in [0.3, 0.4) is 0 Å². The second kappa shape index (κ2) is 10.7. The summed E-state index contributed by atoms with van der Waals surface area (Å²) in [6.45, 7) is -0.731. The lowest BCUT2D eigenvalue weighted by Crippen LogP contribution is -2.51. The van der Waals surface area contributed by atoms with Crippen LogP contribution in [-0.4, -0.2) is 74.8 Å². The van der Waals surface area contributed by atoms with E-state index in [0.29, 0.717) is 17.6 Å². The number of likely N-dealkylation sites (N-methyl/N-ethyl adjacent to an activating group) is 1. The zero-order valence-corrected chi connectivity index (χ0v) is 23.2. The summed E-state index contributed by atoms with van der Waals surface area (Å²) in [6, 6.07) is 8.14. The summed E-state index contributed by atoms with van der Waals surface area (Å²) in [5.74, 6) is -0.284. The Morgan fingerprint density at radius 3 is 2.38 bits per heavy atom. The molecule has 10 nitrogen and oxygen atoms in total. The number of hydrogen-bond donors (Lipinski definition) is 1. The highest BCUT2D eigenvalue weighted by Gasteiger charge is 2.43. The normalized spacial score (nSPS) is 27.6. The fraction of sp³-hybridized carbons (Fsp3) is 0.567. The lowest BCUT2D eigenvalue weighted by Gasteiger charge is -2.52. The van der Waals surface area contributed by atoms with Crippen molar-refractivity contribution in [1.82, 2.24) is 19.4 Å². The Labute approximate surface area is 233 Å². The Kier molecular flexibility index (Phi) is 7.10. The smallest absolute Gasteiger partial charge is 0.344 e. The van der Waals surface area contributed by atoms with Gasteiger partial charge in [-0.2, -0.15) is 0 Å². The van der Waals surface area contributed by atoms with E-state index in [1.807, 2.05) is 24.3 Å². The van der Waals surface area contributed by atoms with Crippen molar-refractivity contribution < 1.29 is 19.5 Å². The van der Waals surface area contributed by atoms with Crippen LogP contribution < -0.4 is 5.56 Å². The van der Waals surface area contributed by atoms with Gasteiger partial charge in [0.1, 0.15) is 0 Å². The van der Waals surface area contributed by atoms with Crippen LogP contribution in [0.2, 0.25) is 0 Å². The highest BCUT2D eigenvalue weighted by molar-refractivity contribution is 6.44. The summed E-state index contributed by atoms with van der Waals surface area (Å²) in [5, 5.41) is 12.8. The van der Waals surface area contributed by atoms with Crippen molar-refractivity contribution in [2.24, 2.45) is 17.0 Å². The quantitative estimate of drug-likeness (QED) is 0.416. The number of amides is 1. The molecule has 4 aliphatic rings. The van der Waals surface area contributed by atoms with Crippen LogP contribution in [0.25, 0.3) is 11.0 Å². The van der Waals surface area contributed by atoms with E-state index >= 15 is 0 Å². The first-order valence-corrected chi connectivity index (χ1v) is 14.5. The molecule has 4 bridgehead atoms. The van der Waals surface area contributed by atoms with E-state index in [9.17, 15) is 14.4 Å². The maximum atomic E-state index is 14.2. The monoisotopic (exact) mass is 547 g/mol. The number of para-hydroxylation sites is 2. The number of piperidine rings is 2. The second-order valence-corrected chi connectivity index (χ2v) is 11.9. The van der Waals surface area contributed by atoms with Crippen LogP contribution in [0, 0.1) is 11.8 Å². The highest BCUT2D eigenvalue weighted by Crippen LogP contribution is 2.51. The maximum absolute atomic E-state index is 14.2. The molecule has 4 fully saturated rings. The summed E-state index contributed by atoms with van der Waals surface area (Å²) in [5.41, 5.74) is 2.12. The maximum Gasteiger partial charge on any atom is 0.344 e. The molecule has 2 saturated carbocycles. The van der Waals surface area contributed by atoms with Gasteiger partial charge in [-0.3, -0.25) is 9.59 Å². The Morgan fingerprint density at radius 2 is 1.73 bits per heavy atom. The molecule has 1 aromatic heterocycles. The fourth-order valence-electron chi connectivity index (χ4n) is 7.38. The number of carbonyl (C=O) groups excluding carboxylic acids is 1. The third-order valence-electron chi connectivity index (χ3n) is 9.26. The first-order chi connectivity index (χ1) is 19.3. The van der Waals surface area contributed by atoms with Gasteiger partial charge in [0, 0.05) is 32.2 Å². The van der Waals surface area contributed by atoms with Crippen LogP contribution in [0.5, 0.6) is 0 Å². The van der Waals surface area contributed by atoms with Crippen molar-refractivity contribution in [2.45, 2.75) is 75.9 Å². The third-order valence-corrected chi connectivity index (χ3v) is 9.26. The molecule has 0 radical (unpaired) electrons. The van der Waals surface area contributed by atoms with Gasteiger partial charge in [0.15, 0.2) is 11.4 Å². The Hall–Kier alpha value is -3.69. The topological polar surface area (TPSA) is 117 Å². The van der Waals surface area contributed by atoms with Crippen molar-refractivity contribution in [2.75, 3.05) is 20.7 Å². The molecule has 1 aromatic carbocycles. The molecule has 2 aliphatic heterocycles. The average molecular weight is 548 g/mol. The molecule has 2 aliphatic carbocycles. The number of carboxylic acids is 1.